The highest BCUT2D eigenvalue weighted by atomic mass is 32.2. The number of nitrogens with zero attached hydrogens (tertiary/aromatic N) is 3. The molecule has 1 aromatic heterocycles. The van der Waals surface area contributed by atoms with Gasteiger partial charge in [-0.15, -0.1) is 0 Å². The van der Waals surface area contributed by atoms with E-state index in [9.17, 15) is 13.2 Å². The van der Waals surface area contributed by atoms with Gasteiger partial charge in [0.1, 0.15) is 5.75 Å². The normalized spacial score (nSPS) is 22.6. The molecular weight excluding hydrogens is 378 g/mol. The second-order valence-electron chi connectivity index (χ2n) is 7.66. The van der Waals surface area contributed by atoms with Crippen molar-refractivity contribution in [1.82, 2.24) is 14.4 Å². The van der Waals surface area contributed by atoms with E-state index in [0.29, 0.717) is 31.8 Å². The molecule has 0 unspecified atom stereocenters. The molecule has 2 aliphatic heterocycles. The molecular formula is C20H27N3O4S. The molecule has 0 spiro atoms. The highest BCUT2D eigenvalue weighted by molar-refractivity contribution is 7.91. The van der Waals surface area contributed by atoms with Crippen molar-refractivity contribution in [1.29, 1.82) is 0 Å². The minimum atomic E-state index is -2.86. The number of ether oxygens (including phenoxy) is 1. The van der Waals surface area contributed by atoms with E-state index in [4.69, 9.17) is 4.74 Å². The first-order valence-electron chi connectivity index (χ1n) is 9.80. The van der Waals surface area contributed by atoms with Crippen LogP contribution in [-0.2, 0) is 21.2 Å². The summed E-state index contributed by atoms with van der Waals surface area (Å²) >= 11 is 0. The summed E-state index contributed by atoms with van der Waals surface area (Å²) in [6.07, 6.45) is 3.20. The van der Waals surface area contributed by atoms with Crippen molar-refractivity contribution in [2.24, 2.45) is 0 Å². The van der Waals surface area contributed by atoms with Gasteiger partial charge in [-0.1, -0.05) is 0 Å². The number of fused-ring (bicyclic) bond motifs is 1. The highest BCUT2D eigenvalue weighted by Gasteiger charge is 2.34. The summed E-state index contributed by atoms with van der Waals surface area (Å²) in [4.78, 5) is 16.8. The monoisotopic (exact) mass is 405 g/mol. The fraction of sp³-hybridized carbons (Fsp3) is 0.550. The number of benzene rings is 1. The molecule has 4 rings (SSSR count). The number of piperazine rings is 1. The maximum atomic E-state index is 12.6. The summed E-state index contributed by atoms with van der Waals surface area (Å²) in [5.74, 6) is 1.56. The summed E-state index contributed by atoms with van der Waals surface area (Å²) in [6, 6.07) is 8.12. The van der Waals surface area contributed by atoms with Gasteiger partial charge in [-0.25, -0.2) is 8.42 Å². The van der Waals surface area contributed by atoms with Crippen LogP contribution in [0.2, 0.25) is 0 Å². The van der Waals surface area contributed by atoms with Crippen LogP contribution in [0.5, 0.6) is 5.75 Å². The Morgan fingerprint density at radius 2 is 1.96 bits per heavy atom. The highest BCUT2D eigenvalue weighted by Crippen LogP contribution is 2.23. The van der Waals surface area contributed by atoms with Crippen molar-refractivity contribution in [2.45, 2.75) is 25.4 Å². The van der Waals surface area contributed by atoms with Gasteiger partial charge in [0.05, 0.1) is 18.6 Å². The van der Waals surface area contributed by atoms with E-state index >= 15 is 0 Å². The third-order valence-electron chi connectivity index (χ3n) is 5.94. The molecule has 2 saturated heterocycles. The van der Waals surface area contributed by atoms with Crippen LogP contribution in [0.15, 0.2) is 30.5 Å². The lowest BCUT2D eigenvalue weighted by Gasteiger charge is -2.37. The lowest BCUT2D eigenvalue weighted by atomic mass is 10.2. The minimum Gasteiger partial charge on any atom is -0.497 e. The number of aromatic nitrogens is 1. The minimum absolute atomic E-state index is 0.130. The lowest BCUT2D eigenvalue weighted by Crippen LogP contribution is -2.52. The number of carbonyl (C=O) groups excluding carboxylic acids is 1. The molecule has 0 aliphatic carbocycles. The molecule has 0 bridgehead atoms. The zero-order valence-corrected chi connectivity index (χ0v) is 17.0. The molecule has 8 heteroatoms. The first kappa shape index (κ1) is 19.3. The number of methoxy groups -OCH3 is 1. The van der Waals surface area contributed by atoms with E-state index in [2.05, 4.69) is 9.47 Å². The molecule has 0 radical (unpaired) electrons. The summed E-state index contributed by atoms with van der Waals surface area (Å²) < 4.78 is 30.7. The Morgan fingerprint density at radius 3 is 2.64 bits per heavy atom. The first-order valence-corrected chi connectivity index (χ1v) is 11.6. The van der Waals surface area contributed by atoms with Gasteiger partial charge in [-0.3, -0.25) is 9.69 Å². The molecule has 1 atom stereocenters. The summed E-state index contributed by atoms with van der Waals surface area (Å²) in [5, 5.41) is 1.10. The number of aryl methyl sites for hydroxylation is 1. The van der Waals surface area contributed by atoms with Gasteiger partial charge >= 0.3 is 0 Å². The topological polar surface area (TPSA) is 71.8 Å². The van der Waals surface area contributed by atoms with Gasteiger partial charge in [0.2, 0.25) is 5.91 Å². The molecule has 0 saturated carbocycles. The van der Waals surface area contributed by atoms with Gasteiger partial charge in [-0.2, -0.15) is 0 Å². The number of carbonyl (C=O) groups is 1. The Bertz CT molecular complexity index is 961. The van der Waals surface area contributed by atoms with E-state index in [0.717, 1.165) is 36.2 Å². The van der Waals surface area contributed by atoms with Crippen molar-refractivity contribution < 1.29 is 17.9 Å². The van der Waals surface area contributed by atoms with Crippen LogP contribution >= 0.6 is 0 Å². The average Bonchev–Trinajstić information content (AvgIpc) is 3.28. The molecule has 2 fully saturated rings. The summed E-state index contributed by atoms with van der Waals surface area (Å²) in [6.45, 7) is 3.53. The Labute approximate surface area is 165 Å². The Morgan fingerprint density at radius 1 is 1.18 bits per heavy atom. The van der Waals surface area contributed by atoms with Gasteiger partial charge in [0.15, 0.2) is 9.84 Å². The molecule has 3 heterocycles. The van der Waals surface area contributed by atoms with Crippen molar-refractivity contribution in [3.05, 3.63) is 30.5 Å². The zero-order chi connectivity index (χ0) is 19.7. The first-order chi connectivity index (χ1) is 13.4. The third-order valence-corrected chi connectivity index (χ3v) is 7.69. The predicted molar refractivity (Wildman–Crippen MR) is 108 cm³/mol. The van der Waals surface area contributed by atoms with Gasteiger partial charge in [-0.05, 0) is 30.7 Å². The van der Waals surface area contributed by atoms with Crippen LogP contribution in [-0.4, -0.2) is 79.5 Å². The molecule has 7 nitrogen and oxygen atoms in total. The van der Waals surface area contributed by atoms with E-state index in [1.165, 1.54) is 0 Å². The van der Waals surface area contributed by atoms with Crippen LogP contribution in [0.1, 0.15) is 12.8 Å². The number of sulfone groups is 1. The lowest BCUT2D eigenvalue weighted by molar-refractivity contribution is -0.133. The maximum absolute atomic E-state index is 12.6. The molecule has 152 valence electrons. The van der Waals surface area contributed by atoms with Crippen molar-refractivity contribution in [2.75, 3.05) is 44.8 Å². The van der Waals surface area contributed by atoms with Crippen molar-refractivity contribution in [3.8, 4) is 5.75 Å². The van der Waals surface area contributed by atoms with E-state index in [1.807, 2.05) is 35.4 Å². The molecule has 2 aliphatic rings. The standard InChI is InChI=1S/C20H27N3O4S/c1-27-18-2-3-19-16(14-18)4-7-22(19)8-5-20(24)23-11-9-21(10-12-23)17-6-13-28(25,26)15-17/h2-4,7,14,17H,5-6,8-13,15H2,1H3/t17-/m0/s1. The number of hydrogen-bond acceptors (Lipinski definition) is 5. The second kappa shape index (κ2) is 7.75. The van der Waals surface area contributed by atoms with Crippen molar-refractivity contribution >= 4 is 26.6 Å². The van der Waals surface area contributed by atoms with Crippen LogP contribution in [0.3, 0.4) is 0 Å². The number of rotatable bonds is 5. The SMILES string of the molecule is COc1ccc2c(ccn2CCC(=O)N2CCN([C@H]3CCS(=O)(=O)C3)CC2)c1. The predicted octanol–water partition coefficient (Wildman–Crippen LogP) is 1.37. The summed E-state index contributed by atoms with van der Waals surface area (Å²) in [7, 11) is -1.21. The molecule has 28 heavy (non-hydrogen) atoms. The van der Waals surface area contributed by atoms with Gasteiger partial charge in [0.25, 0.3) is 0 Å². The van der Waals surface area contributed by atoms with Crippen LogP contribution in [0.4, 0.5) is 0 Å². The second-order valence-corrected chi connectivity index (χ2v) is 9.89. The third kappa shape index (κ3) is 4.03. The quantitative estimate of drug-likeness (QED) is 0.751. The maximum Gasteiger partial charge on any atom is 0.224 e. The molecule has 0 N–H and O–H groups in total. The summed E-state index contributed by atoms with van der Waals surface area (Å²) in [5.41, 5.74) is 1.10. The molecule has 2 aromatic rings. The van der Waals surface area contributed by atoms with Gasteiger partial charge in [0, 0.05) is 62.3 Å². The van der Waals surface area contributed by atoms with Crippen LogP contribution in [0.25, 0.3) is 10.9 Å². The van der Waals surface area contributed by atoms with E-state index < -0.39 is 9.84 Å². The number of amides is 1. The average molecular weight is 406 g/mol. The van der Waals surface area contributed by atoms with Crippen molar-refractivity contribution in [3.63, 3.8) is 0 Å². The fourth-order valence-electron chi connectivity index (χ4n) is 4.27. The van der Waals surface area contributed by atoms with E-state index in [1.54, 1.807) is 7.11 Å². The molecule has 1 amide bonds. The van der Waals surface area contributed by atoms with Crippen LogP contribution < -0.4 is 4.74 Å². The number of hydrogen-bond donors (Lipinski definition) is 0. The Kier molecular flexibility index (Phi) is 5.33. The Hall–Kier alpha value is -2.06. The smallest absolute Gasteiger partial charge is 0.224 e. The van der Waals surface area contributed by atoms with E-state index in [-0.39, 0.29) is 17.7 Å². The van der Waals surface area contributed by atoms with Gasteiger partial charge < -0.3 is 14.2 Å². The Balaban J connectivity index is 1.29. The largest absolute Gasteiger partial charge is 0.497 e. The fourth-order valence-corrected chi connectivity index (χ4v) is 6.04. The van der Waals surface area contributed by atoms with Crippen LogP contribution in [0, 0.1) is 0 Å². The zero-order valence-electron chi connectivity index (χ0n) is 16.2. The molecule has 1 aromatic carbocycles.